The fraction of sp³-hybridized carbons (Fsp3) is 0.520. The minimum atomic E-state index is -0.314. The Morgan fingerprint density at radius 2 is 1.61 bits per heavy atom. The van der Waals surface area contributed by atoms with Crippen molar-refractivity contribution in [1.82, 2.24) is 9.80 Å². The van der Waals surface area contributed by atoms with Gasteiger partial charge < -0.3 is 14.2 Å². The highest BCUT2D eigenvalue weighted by atomic mass is 19.1. The average Bonchev–Trinajstić information content (AvgIpc) is 3.16. The first-order valence-corrected chi connectivity index (χ1v) is 11.3. The second-order valence-electron chi connectivity index (χ2n) is 8.01. The van der Waals surface area contributed by atoms with Gasteiger partial charge >= 0.3 is 0 Å². The summed E-state index contributed by atoms with van der Waals surface area (Å²) in [5.41, 5.74) is 0.825. The van der Waals surface area contributed by atoms with E-state index in [0.717, 1.165) is 43.4 Å². The van der Waals surface area contributed by atoms with Crippen molar-refractivity contribution in [2.24, 2.45) is 0 Å². The highest BCUT2D eigenvalue weighted by Crippen LogP contribution is 2.15. The van der Waals surface area contributed by atoms with E-state index in [9.17, 15) is 14.0 Å². The van der Waals surface area contributed by atoms with Crippen LogP contribution in [-0.4, -0.2) is 34.7 Å². The number of carbonyl (C=O) groups is 2. The van der Waals surface area contributed by atoms with E-state index in [-0.39, 0.29) is 24.2 Å². The molecular weight excluding hydrogens is 395 g/mol. The second-order valence-corrected chi connectivity index (χ2v) is 8.01. The van der Waals surface area contributed by atoms with Gasteiger partial charge in [0.2, 0.25) is 11.8 Å². The second kappa shape index (κ2) is 12.9. The van der Waals surface area contributed by atoms with E-state index in [1.165, 1.54) is 12.1 Å². The van der Waals surface area contributed by atoms with E-state index in [2.05, 4.69) is 6.92 Å². The molecule has 1 heterocycles. The van der Waals surface area contributed by atoms with Crippen LogP contribution in [0.15, 0.2) is 40.8 Å². The van der Waals surface area contributed by atoms with E-state index < -0.39 is 0 Å². The van der Waals surface area contributed by atoms with Gasteiger partial charge in [-0.1, -0.05) is 45.2 Å². The van der Waals surface area contributed by atoms with Crippen molar-refractivity contribution in [3.05, 3.63) is 59.3 Å². The molecule has 0 saturated carbocycles. The first-order chi connectivity index (χ1) is 14.9. The van der Waals surface area contributed by atoms with Gasteiger partial charge in [-0.25, -0.2) is 4.39 Å². The molecule has 0 N–H and O–H groups in total. The minimum Gasteiger partial charge on any atom is -0.464 e. The quantitative estimate of drug-likeness (QED) is 0.396. The molecule has 1 aromatic heterocycles. The smallest absolute Gasteiger partial charge is 0.242 e. The van der Waals surface area contributed by atoms with Crippen LogP contribution < -0.4 is 0 Å². The van der Waals surface area contributed by atoms with E-state index in [4.69, 9.17) is 4.42 Å². The van der Waals surface area contributed by atoms with Crippen molar-refractivity contribution in [3.63, 3.8) is 0 Å². The normalized spacial score (nSPS) is 10.8. The van der Waals surface area contributed by atoms with Gasteiger partial charge in [-0.2, -0.15) is 0 Å². The Morgan fingerprint density at radius 3 is 2.23 bits per heavy atom. The van der Waals surface area contributed by atoms with Gasteiger partial charge in [-0.3, -0.25) is 9.59 Å². The van der Waals surface area contributed by atoms with E-state index in [0.29, 0.717) is 31.8 Å². The molecule has 0 radical (unpaired) electrons. The number of hydrogen-bond donors (Lipinski definition) is 0. The van der Waals surface area contributed by atoms with Crippen LogP contribution in [0.1, 0.15) is 69.5 Å². The summed E-state index contributed by atoms with van der Waals surface area (Å²) in [6.07, 6.45) is 5.40. The van der Waals surface area contributed by atoms with E-state index in [1.807, 2.05) is 26.0 Å². The van der Waals surface area contributed by atoms with Crippen molar-refractivity contribution in [2.75, 3.05) is 13.1 Å². The summed E-state index contributed by atoms with van der Waals surface area (Å²) in [6, 6.07) is 9.83. The lowest BCUT2D eigenvalue weighted by atomic mass is 10.1. The lowest BCUT2D eigenvalue weighted by Gasteiger charge is -2.27. The predicted octanol–water partition coefficient (Wildman–Crippen LogP) is 5.46. The molecule has 2 rings (SSSR count). The maximum atomic E-state index is 13.3. The molecule has 0 spiro atoms. The topological polar surface area (TPSA) is 53.8 Å². The summed E-state index contributed by atoms with van der Waals surface area (Å²) < 4.78 is 19.0. The zero-order valence-corrected chi connectivity index (χ0v) is 19.0. The molecule has 2 aromatic rings. The highest BCUT2D eigenvalue weighted by Gasteiger charge is 2.22. The van der Waals surface area contributed by atoms with Crippen molar-refractivity contribution in [3.8, 4) is 0 Å². The number of nitrogens with zero attached hydrogens (tertiary/aromatic N) is 2. The summed E-state index contributed by atoms with van der Waals surface area (Å²) >= 11 is 0. The maximum Gasteiger partial charge on any atom is 0.242 e. The fourth-order valence-corrected chi connectivity index (χ4v) is 3.49. The highest BCUT2D eigenvalue weighted by molar-refractivity contribution is 5.84. The van der Waals surface area contributed by atoms with Crippen molar-refractivity contribution in [1.29, 1.82) is 0 Å². The van der Waals surface area contributed by atoms with Gasteiger partial charge in [0.25, 0.3) is 0 Å². The average molecular weight is 431 g/mol. The van der Waals surface area contributed by atoms with Crippen LogP contribution in [0.3, 0.4) is 0 Å². The molecule has 0 aliphatic heterocycles. The fourth-order valence-electron chi connectivity index (χ4n) is 3.49. The number of halogens is 1. The van der Waals surface area contributed by atoms with Crippen molar-refractivity contribution >= 4 is 11.8 Å². The number of aryl methyl sites for hydroxylation is 1. The maximum absolute atomic E-state index is 13.3. The standard InChI is InChI=1S/C25H35FN2O3/c1-4-6-7-8-9-24(29)27(16-5-2)19-25(30)28(18-23-15-10-20(3)31-23)17-21-11-13-22(26)14-12-21/h10-15H,4-9,16-19H2,1-3H3. The van der Waals surface area contributed by atoms with Gasteiger partial charge in [0.1, 0.15) is 17.3 Å². The van der Waals surface area contributed by atoms with Gasteiger partial charge in [0, 0.05) is 19.5 Å². The van der Waals surface area contributed by atoms with Crippen LogP contribution >= 0.6 is 0 Å². The molecule has 170 valence electrons. The van der Waals surface area contributed by atoms with Crippen molar-refractivity contribution in [2.45, 2.75) is 72.4 Å². The Bertz CT molecular complexity index is 816. The Kier molecular flexibility index (Phi) is 10.3. The first-order valence-electron chi connectivity index (χ1n) is 11.3. The van der Waals surface area contributed by atoms with Crippen LogP contribution in [0.4, 0.5) is 4.39 Å². The molecule has 0 bridgehead atoms. The zero-order valence-electron chi connectivity index (χ0n) is 19.0. The summed E-state index contributed by atoms with van der Waals surface area (Å²) in [6.45, 7) is 7.22. The third kappa shape index (κ3) is 8.56. The van der Waals surface area contributed by atoms with Crippen LogP contribution in [0.5, 0.6) is 0 Å². The minimum absolute atomic E-state index is 0.0295. The molecule has 0 aliphatic carbocycles. The Hall–Kier alpha value is -2.63. The lowest BCUT2D eigenvalue weighted by Crippen LogP contribution is -2.42. The Labute approximate surface area is 185 Å². The molecule has 31 heavy (non-hydrogen) atoms. The molecule has 0 atom stereocenters. The Morgan fingerprint density at radius 1 is 0.871 bits per heavy atom. The third-order valence-electron chi connectivity index (χ3n) is 5.20. The molecule has 5 nitrogen and oxygen atoms in total. The molecule has 0 fully saturated rings. The predicted molar refractivity (Wildman–Crippen MR) is 120 cm³/mol. The summed E-state index contributed by atoms with van der Waals surface area (Å²) in [5.74, 6) is 1.03. The molecule has 0 saturated heterocycles. The molecular formula is C25H35FN2O3. The van der Waals surface area contributed by atoms with Gasteiger partial charge in [0.15, 0.2) is 0 Å². The lowest BCUT2D eigenvalue weighted by molar-refractivity contribution is -0.141. The first kappa shape index (κ1) is 24.6. The largest absolute Gasteiger partial charge is 0.464 e. The number of amides is 2. The summed E-state index contributed by atoms with van der Waals surface area (Å²) in [5, 5.41) is 0. The molecule has 2 amide bonds. The number of hydrogen-bond acceptors (Lipinski definition) is 3. The van der Waals surface area contributed by atoms with Gasteiger partial charge in [-0.05, 0) is 49.6 Å². The number of furan rings is 1. The number of unbranched alkanes of at least 4 members (excludes halogenated alkanes) is 3. The third-order valence-corrected chi connectivity index (χ3v) is 5.20. The number of carbonyl (C=O) groups excluding carboxylic acids is 2. The van der Waals surface area contributed by atoms with Crippen LogP contribution in [0.2, 0.25) is 0 Å². The number of benzene rings is 1. The Balaban J connectivity index is 2.09. The van der Waals surface area contributed by atoms with E-state index >= 15 is 0 Å². The SMILES string of the molecule is CCCCCCC(=O)N(CCC)CC(=O)N(Cc1ccc(F)cc1)Cc1ccc(C)o1. The molecule has 0 unspecified atom stereocenters. The monoisotopic (exact) mass is 430 g/mol. The number of rotatable bonds is 13. The van der Waals surface area contributed by atoms with Crippen LogP contribution in [0, 0.1) is 12.7 Å². The zero-order chi connectivity index (χ0) is 22.6. The van der Waals surface area contributed by atoms with Gasteiger partial charge in [0.05, 0.1) is 13.1 Å². The molecule has 1 aromatic carbocycles. The van der Waals surface area contributed by atoms with E-state index in [1.54, 1.807) is 21.9 Å². The van der Waals surface area contributed by atoms with Gasteiger partial charge in [-0.15, -0.1) is 0 Å². The summed E-state index contributed by atoms with van der Waals surface area (Å²) in [7, 11) is 0. The molecule has 0 aliphatic rings. The van der Waals surface area contributed by atoms with Crippen molar-refractivity contribution < 1.29 is 18.4 Å². The molecule has 6 heteroatoms. The summed E-state index contributed by atoms with van der Waals surface area (Å²) in [4.78, 5) is 29.2. The van der Waals surface area contributed by atoms with Crippen LogP contribution in [-0.2, 0) is 22.7 Å². The van der Waals surface area contributed by atoms with Crippen LogP contribution in [0.25, 0.3) is 0 Å².